The van der Waals surface area contributed by atoms with Crippen LogP contribution in [0.25, 0.3) is 11.1 Å². The molecule has 2 N–H and O–H groups in total. The van der Waals surface area contributed by atoms with Crippen molar-refractivity contribution < 1.29 is 28.7 Å². The number of aromatic nitrogens is 1. The number of nitrogens with zero attached hydrogens (tertiary/aromatic N) is 2. The summed E-state index contributed by atoms with van der Waals surface area (Å²) in [7, 11) is 3.16. The predicted octanol–water partition coefficient (Wildman–Crippen LogP) is 8.05. The first-order chi connectivity index (χ1) is 26.9. The lowest BCUT2D eigenvalue weighted by atomic mass is 9.94. The summed E-state index contributed by atoms with van der Waals surface area (Å²) < 4.78 is 10.8. The fourth-order valence-electron chi connectivity index (χ4n) is 7.68. The lowest BCUT2D eigenvalue weighted by Crippen LogP contribution is -2.54. The highest BCUT2D eigenvalue weighted by molar-refractivity contribution is 7.09. The van der Waals surface area contributed by atoms with Crippen molar-refractivity contribution in [3.05, 3.63) is 112 Å². The van der Waals surface area contributed by atoms with Gasteiger partial charge in [-0.15, -0.1) is 11.3 Å². The number of likely N-dealkylation sites (N-methyl/N-ethyl adjacent to an activating group) is 1. The fraction of sp³-hybridized carbons (Fsp3) is 0.444. The Bertz CT molecular complexity index is 1900. The first-order valence-electron chi connectivity index (χ1n) is 19.7. The Labute approximate surface area is 335 Å². The van der Waals surface area contributed by atoms with Gasteiger partial charge in [0.05, 0.1) is 18.0 Å². The molecule has 1 aromatic heterocycles. The topological polar surface area (TPSA) is 127 Å². The number of benzene rings is 3. The molecule has 1 aliphatic carbocycles. The number of carbonyl (C=O) groups excluding carboxylic acids is 4. The minimum atomic E-state index is -0.761. The van der Waals surface area contributed by atoms with Gasteiger partial charge in [-0.3, -0.25) is 14.4 Å². The molecule has 10 nitrogen and oxygen atoms in total. The van der Waals surface area contributed by atoms with Crippen LogP contribution in [0.3, 0.4) is 0 Å². The number of esters is 1. The summed E-state index contributed by atoms with van der Waals surface area (Å²) >= 11 is 1.41. The number of methoxy groups -OCH3 is 1. The Morgan fingerprint density at radius 1 is 0.875 bits per heavy atom. The molecular formula is C45H56N4O6S. The van der Waals surface area contributed by atoms with Gasteiger partial charge in [0.25, 0.3) is 5.91 Å². The van der Waals surface area contributed by atoms with Gasteiger partial charge in [0.15, 0.2) is 0 Å². The first kappa shape index (κ1) is 42.1. The van der Waals surface area contributed by atoms with Crippen molar-refractivity contribution >= 4 is 35.2 Å². The van der Waals surface area contributed by atoms with Gasteiger partial charge in [0.2, 0.25) is 5.91 Å². The number of ether oxygens (including phenoxy) is 2. The summed E-state index contributed by atoms with van der Waals surface area (Å²) in [6.07, 6.45) is 2.26. The monoisotopic (exact) mass is 780 g/mol. The summed E-state index contributed by atoms with van der Waals surface area (Å²) in [5.41, 5.74) is 5.93. The summed E-state index contributed by atoms with van der Waals surface area (Å²) in [6.45, 7) is 10.1. The molecule has 11 heteroatoms. The Morgan fingerprint density at radius 3 is 2.11 bits per heavy atom. The fourth-order valence-corrected chi connectivity index (χ4v) is 8.48. The zero-order valence-electron chi connectivity index (χ0n) is 33.6. The van der Waals surface area contributed by atoms with Crippen molar-refractivity contribution in [3.63, 3.8) is 0 Å². The number of alkyl carbamates (subject to hydrolysis) is 1. The van der Waals surface area contributed by atoms with E-state index in [2.05, 4.69) is 53.7 Å². The number of fused-ring (bicyclic) bond motifs is 3. The molecular weight excluding hydrogens is 725 g/mol. The molecule has 0 fully saturated rings. The third-order valence-electron chi connectivity index (χ3n) is 11.1. The summed E-state index contributed by atoms with van der Waals surface area (Å²) in [4.78, 5) is 59.5. The van der Waals surface area contributed by atoms with Gasteiger partial charge in [0.1, 0.15) is 18.3 Å². The van der Waals surface area contributed by atoms with Gasteiger partial charge >= 0.3 is 12.1 Å². The number of hydrogen-bond donors (Lipinski definition) is 2. The number of amides is 3. The van der Waals surface area contributed by atoms with Crippen LogP contribution in [0.5, 0.6) is 0 Å². The first-order valence-corrected chi connectivity index (χ1v) is 20.5. The van der Waals surface area contributed by atoms with Crippen molar-refractivity contribution in [2.75, 3.05) is 20.8 Å². The molecule has 0 bridgehead atoms. The Morgan fingerprint density at radius 2 is 1.50 bits per heavy atom. The van der Waals surface area contributed by atoms with Crippen molar-refractivity contribution in [1.82, 2.24) is 20.5 Å². The molecule has 3 aromatic carbocycles. The second kappa shape index (κ2) is 19.7. The quantitative estimate of drug-likeness (QED) is 0.0979. The van der Waals surface area contributed by atoms with E-state index in [1.807, 2.05) is 68.4 Å². The van der Waals surface area contributed by atoms with Crippen LogP contribution in [0.4, 0.5) is 4.79 Å². The second-order valence-electron chi connectivity index (χ2n) is 15.3. The summed E-state index contributed by atoms with van der Waals surface area (Å²) in [5.74, 6) is -1.26. The van der Waals surface area contributed by atoms with Crippen molar-refractivity contribution in [1.29, 1.82) is 0 Å². The zero-order valence-corrected chi connectivity index (χ0v) is 34.4. The van der Waals surface area contributed by atoms with E-state index in [9.17, 15) is 19.2 Å². The molecule has 0 aliphatic heterocycles. The zero-order chi connectivity index (χ0) is 40.4. The molecule has 0 unspecified atom stereocenters. The molecule has 0 saturated heterocycles. The smallest absolute Gasteiger partial charge is 0.407 e. The molecule has 0 spiro atoms. The van der Waals surface area contributed by atoms with Crippen LogP contribution < -0.4 is 10.6 Å². The number of thiazole rings is 1. The Hall–Kier alpha value is -5.03. The van der Waals surface area contributed by atoms with Gasteiger partial charge in [-0.25, -0.2) is 9.78 Å². The minimum absolute atomic E-state index is 0.0812. The second-order valence-corrected chi connectivity index (χ2v) is 16.2. The van der Waals surface area contributed by atoms with Crippen LogP contribution in [-0.4, -0.2) is 72.7 Å². The van der Waals surface area contributed by atoms with Gasteiger partial charge in [-0.05, 0) is 58.9 Å². The van der Waals surface area contributed by atoms with Crippen LogP contribution in [0, 0.1) is 17.8 Å². The average Bonchev–Trinajstić information content (AvgIpc) is 3.81. The largest absolute Gasteiger partial charge is 0.469 e. The molecule has 0 saturated carbocycles. The highest BCUT2D eigenvalue weighted by Gasteiger charge is 2.34. The van der Waals surface area contributed by atoms with Crippen LogP contribution in [-0.2, 0) is 31.9 Å². The predicted molar refractivity (Wildman–Crippen MR) is 220 cm³/mol. The van der Waals surface area contributed by atoms with Crippen molar-refractivity contribution in [2.24, 2.45) is 17.8 Å². The average molecular weight is 781 g/mol. The maximum atomic E-state index is 14.1. The molecule has 5 atom stereocenters. The lowest BCUT2D eigenvalue weighted by Gasteiger charge is -2.35. The Kier molecular flexibility index (Phi) is 14.8. The maximum absolute atomic E-state index is 14.1. The number of nitrogens with one attached hydrogen (secondary N) is 2. The highest BCUT2D eigenvalue weighted by atomic mass is 32.1. The van der Waals surface area contributed by atoms with E-state index in [1.165, 1.54) is 18.4 Å². The number of rotatable bonds is 18. The van der Waals surface area contributed by atoms with Crippen LogP contribution in [0.2, 0.25) is 0 Å². The molecule has 56 heavy (non-hydrogen) atoms. The molecule has 3 amide bonds. The summed E-state index contributed by atoms with van der Waals surface area (Å²) in [5, 5.41) is 8.57. The maximum Gasteiger partial charge on any atom is 0.407 e. The standard InChI is InChI=1S/C45H56N4O6S/c1-8-29(4)41(48-45(53)55-26-37-35-20-14-12-18-33(35)34-19-13-15-21-36(34)37)43(51)49(6)39(28(2)3)22-23-40-47-38(27-56-40)42(50)46-32(24-30(5)44(52)54-7)25-31-16-10-9-11-17-31/h9-21,27-30,32,37,39,41H,8,22-26H2,1-7H3,(H,46,50)(H,48,53)/t29-,30-,32+,39+,41-/m0/s1. The van der Waals surface area contributed by atoms with E-state index < -0.39 is 12.1 Å². The number of carbonyl (C=O) groups is 4. The summed E-state index contributed by atoms with van der Waals surface area (Å²) in [6, 6.07) is 25.0. The SMILES string of the molecule is CC[C@H](C)[C@H](NC(=O)OCC1c2ccccc2-c2ccccc21)C(=O)N(C)[C@H](CCc1nc(C(=O)N[C@@H](Cc2ccccc2)C[C@H](C)C(=O)OC)cs1)C(C)C. The minimum Gasteiger partial charge on any atom is -0.469 e. The molecule has 1 heterocycles. The Balaban J connectivity index is 1.19. The van der Waals surface area contributed by atoms with Gasteiger partial charge < -0.3 is 25.0 Å². The van der Waals surface area contributed by atoms with Crippen molar-refractivity contribution in [2.45, 2.75) is 90.8 Å². The van der Waals surface area contributed by atoms with E-state index in [-0.39, 0.29) is 60.1 Å². The van der Waals surface area contributed by atoms with E-state index in [1.54, 1.807) is 24.3 Å². The van der Waals surface area contributed by atoms with E-state index in [0.717, 1.165) is 32.8 Å². The lowest BCUT2D eigenvalue weighted by molar-refractivity contribution is -0.145. The third-order valence-corrected chi connectivity index (χ3v) is 12.0. The van der Waals surface area contributed by atoms with Crippen molar-refractivity contribution in [3.8, 4) is 11.1 Å². The molecule has 298 valence electrons. The third kappa shape index (κ3) is 10.4. The van der Waals surface area contributed by atoms with Crippen LogP contribution in [0.15, 0.2) is 84.2 Å². The molecule has 4 aromatic rings. The normalized spacial score (nSPS) is 14.8. The van der Waals surface area contributed by atoms with Gasteiger partial charge in [0, 0.05) is 36.9 Å². The molecule has 1 aliphatic rings. The number of hydrogen-bond acceptors (Lipinski definition) is 8. The highest BCUT2D eigenvalue weighted by Crippen LogP contribution is 2.44. The van der Waals surface area contributed by atoms with Gasteiger partial charge in [-0.2, -0.15) is 0 Å². The van der Waals surface area contributed by atoms with E-state index >= 15 is 0 Å². The number of aryl methyl sites for hydroxylation is 1. The molecule has 5 rings (SSSR count). The van der Waals surface area contributed by atoms with E-state index in [4.69, 9.17) is 9.47 Å². The van der Waals surface area contributed by atoms with Crippen LogP contribution >= 0.6 is 11.3 Å². The molecule has 0 radical (unpaired) electrons. The van der Waals surface area contributed by atoms with Crippen LogP contribution in [0.1, 0.15) is 92.0 Å². The van der Waals surface area contributed by atoms with E-state index in [0.29, 0.717) is 37.8 Å². The van der Waals surface area contributed by atoms with Gasteiger partial charge in [-0.1, -0.05) is 120 Å².